The number of pyridine rings is 1. The monoisotopic (exact) mass is 299 g/mol. The van der Waals surface area contributed by atoms with Gasteiger partial charge in [0.05, 0.1) is 0 Å². The third kappa shape index (κ3) is 4.65. The van der Waals surface area contributed by atoms with E-state index in [-0.39, 0.29) is 18.6 Å². The zero-order chi connectivity index (χ0) is 15.8. The van der Waals surface area contributed by atoms with Gasteiger partial charge >= 0.3 is 0 Å². The average molecular weight is 299 g/mol. The fourth-order valence-electron chi connectivity index (χ4n) is 2.08. The Hall–Kier alpha value is -2.24. The fraction of sp³-hybridized carbons (Fsp3) is 0.294. The molecule has 5 nitrogen and oxygen atoms in total. The molecule has 1 amide bonds. The van der Waals surface area contributed by atoms with E-state index in [0.717, 1.165) is 24.2 Å². The zero-order valence-electron chi connectivity index (χ0n) is 12.6. The molecule has 1 heterocycles. The molecule has 22 heavy (non-hydrogen) atoms. The van der Waals surface area contributed by atoms with Crippen molar-refractivity contribution in [3.05, 3.63) is 59.9 Å². The predicted octanol–water partition coefficient (Wildman–Crippen LogP) is 2.37. The highest BCUT2D eigenvalue weighted by Gasteiger charge is 2.07. The van der Waals surface area contributed by atoms with Crippen molar-refractivity contribution in [2.75, 3.05) is 18.5 Å². The summed E-state index contributed by atoms with van der Waals surface area (Å²) in [4.78, 5) is 15.9. The number of nitrogens with one attached hydrogen (secondary N) is 2. The van der Waals surface area contributed by atoms with Crippen LogP contribution in [0.25, 0.3) is 0 Å². The van der Waals surface area contributed by atoms with Crippen LogP contribution in [0.2, 0.25) is 0 Å². The first-order chi connectivity index (χ1) is 10.7. The Morgan fingerprint density at radius 3 is 2.50 bits per heavy atom. The second-order valence-corrected chi connectivity index (χ2v) is 5.06. The maximum absolute atomic E-state index is 12.0. The SMILES string of the molecule is CC(NCCCO)c1ccc(NC(=O)c2ccncc2)cc1. The lowest BCUT2D eigenvalue weighted by molar-refractivity contribution is 0.102. The lowest BCUT2D eigenvalue weighted by atomic mass is 10.1. The Morgan fingerprint density at radius 1 is 1.18 bits per heavy atom. The van der Waals surface area contributed by atoms with E-state index in [9.17, 15) is 4.79 Å². The molecule has 2 rings (SSSR count). The number of nitrogens with zero attached hydrogens (tertiary/aromatic N) is 1. The summed E-state index contributed by atoms with van der Waals surface area (Å²) in [5.74, 6) is -0.149. The van der Waals surface area contributed by atoms with Gasteiger partial charge in [0.25, 0.3) is 5.91 Å². The minimum atomic E-state index is -0.149. The summed E-state index contributed by atoms with van der Waals surface area (Å²) >= 11 is 0. The Labute approximate surface area is 130 Å². The minimum absolute atomic E-state index is 0.149. The molecule has 1 aromatic carbocycles. The van der Waals surface area contributed by atoms with E-state index < -0.39 is 0 Å². The lowest BCUT2D eigenvalue weighted by Crippen LogP contribution is -2.20. The van der Waals surface area contributed by atoms with Gasteiger partial charge < -0.3 is 15.7 Å². The number of rotatable bonds is 7. The molecular weight excluding hydrogens is 278 g/mol. The van der Waals surface area contributed by atoms with Crippen molar-refractivity contribution in [1.29, 1.82) is 0 Å². The van der Waals surface area contributed by atoms with E-state index in [0.29, 0.717) is 5.56 Å². The summed E-state index contributed by atoms with van der Waals surface area (Å²) in [6, 6.07) is 11.3. The van der Waals surface area contributed by atoms with Crippen molar-refractivity contribution >= 4 is 11.6 Å². The third-order valence-electron chi connectivity index (χ3n) is 3.40. The number of carbonyl (C=O) groups excluding carboxylic acids is 1. The first kappa shape index (κ1) is 16.1. The molecule has 0 aliphatic rings. The molecule has 0 saturated carbocycles. The molecule has 2 aromatic rings. The van der Waals surface area contributed by atoms with Gasteiger partial charge in [0, 0.05) is 36.3 Å². The smallest absolute Gasteiger partial charge is 0.255 e. The van der Waals surface area contributed by atoms with Crippen molar-refractivity contribution in [2.45, 2.75) is 19.4 Å². The molecule has 3 N–H and O–H groups in total. The molecule has 1 atom stereocenters. The highest BCUT2D eigenvalue weighted by Crippen LogP contribution is 2.16. The summed E-state index contributed by atoms with van der Waals surface area (Å²) in [6.07, 6.45) is 3.93. The van der Waals surface area contributed by atoms with Crippen LogP contribution >= 0.6 is 0 Å². The molecule has 0 aliphatic heterocycles. The van der Waals surface area contributed by atoms with Gasteiger partial charge in [0.1, 0.15) is 0 Å². The zero-order valence-corrected chi connectivity index (χ0v) is 12.6. The standard InChI is InChI=1S/C17H21N3O2/c1-13(19-9-2-12-21)14-3-5-16(6-4-14)20-17(22)15-7-10-18-11-8-15/h3-8,10-11,13,19,21H,2,9,12H2,1H3,(H,20,22). The molecule has 0 bridgehead atoms. The number of carbonyl (C=O) groups is 1. The quantitative estimate of drug-likeness (QED) is 0.686. The number of amides is 1. The van der Waals surface area contributed by atoms with Gasteiger partial charge in [-0.25, -0.2) is 0 Å². The molecule has 0 spiro atoms. The summed E-state index contributed by atoms with van der Waals surface area (Å²) in [5.41, 5.74) is 2.48. The normalized spacial score (nSPS) is 11.9. The van der Waals surface area contributed by atoms with E-state index in [4.69, 9.17) is 5.11 Å². The van der Waals surface area contributed by atoms with Crippen molar-refractivity contribution in [2.24, 2.45) is 0 Å². The van der Waals surface area contributed by atoms with Crippen LogP contribution in [0, 0.1) is 0 Å². The largest absolute Gasteiger partial charge is 0.396 e. The number of hydrogen-bond acceptors (Lipinski definition) is 4. The Bertz CT molecular complexity index is 585. The summed E-state index contributed by atoms with van der Waals surface area (Å²) in [7, 11) is 0. The van der Waals surface area contributed by atoms with Crippen LogP contribution < -0.4 is 10.6 Å². The van der Waals surface area contributed by atoms with E-state index in [1.54, 1.807) is 24.5 Å². The second-order valence-electron chi connectivity index (χ2n) is 5.06. The number of aliphatic hydroxyl groups excluding tert-OH is 1. The van der Waals surface area contributed by atoms with Gasteiger partial charge in [-0.05, 0) is 49.7 Å². The molecule has 0 fully saturated rings. The second kappa shape index (κ2) is 8.26. The van der Waals surface area contributed by atoms with E-state index in [2.05, 4.69) is 22.5 Å². The number of benzene rings is 1. The van der Waals surface area contributed by atoms with Crippen molar-refractivity contribution in [3.8, 4) is 0 Å². The maximum atomic E-state index is 12.0. The average Bonchev–Trinajstić information content (AvgIpc) is 2.56. The van der Waals surface area contributed by atoms with E-state index in [1.165, 1.54) is 0 Å². The molecule has 1 aromatic heterocycles. The van der Waals surface area contributed by atoms with Crippen LogP contribution in [0.3, 0.4) is 0 Å². The summed E-state index contributed by atoms with van der Waals surface area (Å²) in [5, 5.41) is 15.0. The fourth-order valence-corrected chi connectivity index (χ4v) is 2.08. The number of aliphatic hydroxyl groups is 1. The van der Waals surface area contributed by atoms with Crippen LogP contribution in [0.4, 0.5) is 5.69 Å². The number of hydrogen-bond donors (Lipinski definition) is 3. The number of anilines is 1. The van der Waals surface area contributed by atoms with Gasteiger partial charge in [0.2, 0.25) is 0 Å². The summed E-state index contributed by atoms with van der Waals surface area (Å²) < 4.78 is 0. The van der Waals surface area contributed by atoms with Crippen LogP contribution in [-0.2, 0) is 0 Å². The third-order valence-corrected chi connectivity index (χ3v) is 3.40. The molecule has 116 valence electrons. The Morgan fingerprint density at radius 2 is 1.86 bits per heavy atom. The molecular formula is C17H21N3O2. The number of aromatic nitrogens is 1. The van der Waals surface area contributed by atoms with Gasteiger partial charge in [0.15, 0.2) is 0 Å². The summed E-state index contributed by atoms with van der Waals surface area (Å²) in [6.45, 7) is 3.04. The van der Waals surface area contributed by atoms with Gasteiger partial charge in [-0.1, -0.05) is 12.1 Å². The van der Waals surface area contributed by atoms with E-state index >= 15 is 0 Å². The molecule has 0 saturated heterocycles. The maximum Gasteiger partial charge on any atom is 0.255 e. The topological polar surface area (TPSA) is 74.2 Å². The molecule has 0 radical (unpaired) electrons. The van der Waals surface area contributed by atoms with Gasteiger partial charge in [-0.3, -0.25) is 9.78 Å². The van der Waals surface area contributed by atoms with Crippen molar-refractivity contribution in [3.63, 3.8) is 0 Å². The highest BCUT2D eigenvalue weighted by molar-refractivity contribution is 6.04. The van der Waals surface area contributed by atoms with Crippen molar-refractivity contribution in [1.82, 2.24) is 10.3 Å². The van der Waals surface area contributed by atoms with Gasteiger partial charge in [-0.2, -0.15) is 0 Å². The first-order valence-electron chi connectivity index (χ1n) is 7.36. The predicted molar refractivity (Wildman–Crippen MR) is 86.8 cm³/mol. The molecule has 5 heteroatoms. The van der Waals surface area contributed by atoms with Gasteiger partial charge in [-0.15, -0.1) is 0 Å². The Balaban J connectivity index is 1.93. The Kier molecular flexibility index (Phi) is 6.06. The lowest BCUT2D eigenvalue weighted by Gasteiger charge is -2.14. The van der Waals surface area contributed by atoms with Crippen LogP contribution in [0.1, 0.15) is 35.3 Å². The molecule has 0 aliphatic carbocycles. The first-order valence-corrected chi connectivity index (χ1v) is 7.36. The van der Waals surface area contributed by atoms with Crippen molar-refractivity contribution < 1.29 is 9.90 Å². The van der Waals surface area contributed by atoms with Crippen LogP contribution in [-0.4, -0.2) is 29.1 Å². The minimum Gasteiger partial charge on any atom is -0.396 e. The highest BCUT2D eigenvalue weighted by atomic mass is 16.3. The molecule has 1 unspecified atom stereocenters. The van der Waals surface area contributed by atoms with Crippen LogP contribution in [0.5, 0.6) is 0 Å². The van der Waals surface area contributed by atoms with E-state index in [1.807, 2.05) is 24.3 Å². The van der Waals surface area contributed by atoms with Crippen LogP contribution in [0.15, 0.2) is 48.8 Å².